The highest BCUT2D eigenvalue weighted by Crippen LogP contribution is 2.17. The molecule has 0 aromatic rings. The van der Waals surface area contributed by atoms with E-state index in [1.807, 2.05) is 0 Å². The average Bonchev–Trinajstić information content (AvgIpc) is 2.08. The van der Waals surface area contributed by atoms with E-state index in [-0.39, 0.29) is 0 Å². The van der Waals surface area contributed by atoms with Gasteiger partial charge < -0.3 is 30.9 Å². The van der Waals surface area contributed by atoms with Gasteiger partial charge in [-0.05, 0) is 0 Å². The van der Waals surface area contributed by atoms with E-state index in [1.165, 1.54) is 0 Å². The van der Waals surface area contributed by atoms with Crippen molar-refractivity contribution in [3.8, 4) is 0 Å². The molecule has 6 N–H and O–H groups in total. The first-order valence-corrected chi connectivity index (χ1v) is 3.64. The third kappa shape index (κ3) is 1.58. The van der Waals surface area contributed by atoms with E-state index < -0.39 is 37.3 Å². The molecule has 0 amide bonds. The zero-order valence-electron chi connectivity index (χ0n) is 6.37. The fourth-order valence-corrected chi connectivity index (χ4v) is 1.12. The summed E-state index contributed by atoms with van der Waals surface area (Å²) in [4.78, 5) is 0. The summed E-state index contributed by atoms with van der Waals surface area (Å²) in [5.74, 6) is 0. The zero-order chi connectivity index (χ0) is 9.30. The largest absolute Gasteiger partial charge is 0.394 e. The molecule has 5 atom stereocenters. The van der Waals surface area contributed by atoms with Gasteiger partial charge in [-0.25, -0.2) is 0 Å². The molecule has 6 heteroatoms. The van der Waals surface area contributed by atoms with Crippen molar-refractivity contribution in [3.05, 3.63) is 0 Å². The molecule has 1 rings (SSSR count). The van der Waals surface area contributed by atoms with E-state index in [0.29, 0.717) is 0 Å². The highest BCUT2D eigenvalue weighted by atomic mass is 16.6. The van der Waals surface area contributed by atoms with Gasteiger partial charge in [0.2, 0.25) is 0 Å². The number of hydrogen-bond acceptors (Lipinski definition) is 6. The number of nitrogens with two attached hydrogens (primary N) is 1. The van der Waals surface area contributed by atoms with Gasteiger partial charge in [0.05, 0.1) is 12.6 Å². The maximum absolute atomic E-state index is 9.20. The Balaban J connectivity index is 2.63. The standard InChI is InChI=1S/C6H13NO5/c7-3-5(10)4(9)2(1-8)12-6(3)11/h2-6,8-11H,1,7H2/t2-,3-,4+,5+,6-/m0/s1. The van der Waals surface area contributed by atoms with Crippen LogP contribution in [0, 0.1) is 0 Å². The van der Waals surface area contributed by atoms with Crippen LogP contribution in [0.25, 0.3) is 0 Å². The van der Waals surface area contributed by atoms with E-state index in [9.17, 15) is 10.2 Å². The molecule has 0 spiro atoms. The van der Waals surface area contributed by atoms with Crippen LogP contribution in [-0.4, -0.2) is 57.7 Å². The molecule has 0 bridgehead atoms. The normalized spacial score (nSPS) is 49.2. The van der Waals surface area contributed by atoms with Crippen molar-refractivity contribution < 1.29 is 25.2 Å². The van der Waals surface area contributed by atoms with Crippen LogP contribution in [0.4, 0.5) is 0 Å². The topological polar surface area (TPSA) is 116 Å². The summed E-state index contributed by atoms with van der Waals surface area (Å²) < 4.78 is 4.70. The summed E-state index contributed by atoms with van der Waals surface area (Å²) in [6.07, 6.45) is -4.85. The van der Waals surface area contributed by atoms with Gasteiger partial charge in [-0.3, -0.25) is 0 Å². The zero-order valence-corrected chi connectivity index (χ0v) is 6.37. The molecule has 1 aliphatic heterocycles. The second-order valence-corrected chi connectivity index (χ2v) is 2.81. The Kier molecular flexibility index (Phi) is 2.99. The lowest BCUT2D eigenvalue weighted by Crippen LogP contribution is -2.61. The van der Waals surface area contributed by atoms with Crippen molar-refractivity contribution in [1.29, 1.82) is 0 Å². The first kappa shape index (κ1) is 9.85. The molecule has 0 aliphatic carbocycles. The summed E-state index contributed by atoms with van der Waals surface area (Å²) in [6, 6.07) is -1.04. The van der Waals surface area contributed by atoms with E-state index in [1.54, 1.807) is 0 Å². The molecule has 0 aromatic carbocycles. The lowest BCUT2D eigenvalue weighted by molar-refractivity contribution is -0.248. The van der Waals surface area contributed by atoms with Gasteiger partial charge in [0, 0.05) is 0 Å². The van der Waals surface area contributed by atoms with Crippen LogP contribution >= 0.6 is 0 Å². The summed E-state index contributed by atoms with van der Waals surface area (Å²) in [5, 5.41) is 36.1. The van der Waals surface area contributed by atoms with Crippen molar-refractivity contribution in [2.24, 2.45) is 5.73 Å². The van der Waals surface area contributed by atoms with Crippen LogP contribution in [0.1, 0.15) is 0 Å². The second-order valence-electron chi connectivity index (χ2n) is 2.81. The fraction of sp³-hybridized carbons (Fsp3) is 1.00. The molecule has 0 unspecified atom stereocenters. The third-order valence-corrected chi connectivity index (χ3v) is 1.95. The third-order valence-electron chi connectivity index (χ3n) is 1.95. The minimum atomic E-state index is -1.35. The SMILES string of the molecule is N[C@H]1[C@@H](O)[C@H](O)[C@H](CO)O[C@@H]1O. The Labute approximate surface area is 69.2 Å². The van der Waals surface area contributed by atoms with Gasteiger partial charge in [0.25, 0.3) is 0 Å². The monoisotopic (exact) mass is 179 g/mol. The molecule has 1 heterocycles. The molecular weight excluding hydrogens is 166 g/mol. The fourth-order valence-electron chi connectivity index (χ4n) is 1.12. The molecule has 1 aliphatic rings. The summed E-state index contributed by atoms with van der Waals surface area (Å²) in [6.45, 7) is -0.470. The summed E-state index contributed by atoms with van der Waals surface area (Å²) in [5.41, 5.74) is 5.26. The number of rotatable bonds is 1. The van der Waals surface area contributed by atoms with Crippen molar-refractivity contribution in [3.63, 3.8) is 0 Å². The molecule has 12 heavy (non-hydrogen) atoms. The smallest absolute Gasteiger partial charge is 0.173 e. The Morgan fingerprint density at radius 3 is 2.25 bits per heavy atom. The maximum Gasteiger partial charge on any atom is 0.173 e. The number of aliphatic hydroxyl groups is 4. The van der Waals surface area contributed by atoms with E-state index >= 15 is 0 Å². The number of aliphatic hydroxyl groups excluding tert-OH is 4. The van der Waals surface area contributed by atoms with Crippen molar-refractivity contribution in [1.82, 2.24) is 0 Å². The van der Waals surface area contributed by atoms with Gasteiger partial charge in [0.1, 0.15) is 18.3 Å². The summed E-state index contributed by atoms with van der Waals surface area (Å²) >= 11 is 0. The van der Waals surface area contributed by atoms with Crippen LogP contribution in [0.15, 0.2) is 0 Å². The van der Waals surface area contributed by atoms with Crippen molar-refractivity contribution in [2.45, 2.75) is 30.6 Å². The van der Waals surface area contributed by atoms with Gasteiger partial charge in [0.15, 0.2) is 6.29 Å². The lowest BCUT2D eigenvalue weighted by atomic mass is 9.98. The minimum absolute atomic E-state index is 0.470. The summed E-state index contributed by atoms with van der Waals surface area (Å²) in [7, 11) is 0. The van der Waals surface area contributed by atoms with E-state index in [2.05, 4.69) is 0 Å². The lowest BCUT2D eigenvalue weighted by Gasteiger charge is -2.38. The molecule has 72 valence electrons. The predicted octanol–water partition coefficient (Wildman–Crippen LogP) is -3.26. The maximum atomic E-state index is 9.20. The van der Waals surface area contributed by atoms with Crippen LogP contribution < -0.4 is 5.73 Å². The van der Waals surface area contributed by atoms with E-state index in [4.69, 9.17) is 20.7 Å². The minimum Gasteiger partial charge on any atom is -0.394 e. The van der Waals surface area contributed by atoms with Crippen molar-refractivity contribution in [2.75, 3.05) is 6.61 Å². The average molecular weight is 179 g/mol. The molecule has 0 aromatic heterocycles. The van der Waals surface area contributed by atoms with Crippen molar-refractivity contribution >= 4 is 0 Å². The molecule has 1 saturated heterocycles. The molecule has 6 nitrogen and oxygen atoms in total. The van der Waals surface area contributed by atoms with Gasteiger partial charge >= 0.3 is 0 Å². The quantitative estimate of drug-likeness (QED) is 0.288. The second kappa shape index (κ2) is 3.65. The highest BCUT2D eigenvalue weighted by molar-refractivity contribution is 4.90. The van der Waals surface area contributed by atoms with Gasteiger partial charge in [-0.2, -0.15) is 0 Å². The Morgan fingerprint density at radius 2 is 1.75 bits per heavy atom. The van der Waals surface area contributed by atoms with Gasteiger partial charge in [-0.1, -0.05) is 0 Å². The van der Waals surface area contributed by atoms with Crippen LogP contribution in [0.2, 0.25) is 0 Å². The predicted molar refractivity (Wildman–Crippen MR) is 38.0 cm³/mol. The molecule has 0 saturated carbocycles. The van der Waals surface area contributed by atoms with Crippen LogP contribution in [0.5, 0.6) is 0 Å². The highest BCUT2D eigenvalue weighted by Gasteiger charge is 2.41. The van der Waals surface area contributed by atoms with Crippen LogP contribution in [-0.2, 0) is 4.74 Å². The molecule has 1 fully saturated rings. The Morgan fingerprint density at radius 1 is 1.17 bits per heavy atom. The first-order chi connectivity index (χ1) is 5.57. The Bertz CT molecular complexity index is 150. The van der Waals surface area contributed by atoms with E-state index in [0.717, 1.165) is 0 Å². The molecular formula is C6H13NO5. The Hall–Kier alpha value is -0.240. The first-order valence-electron chi connectivity index (χ1n) is 3.64. The number of ether oxygens (including phenoxy) is 1. The van der Waals surface area contributed by atoms with Crippen LogP contribution in [0.3, 0.4) is 0 Å². The molecule has 0 radical (unpaired) electrons. The van der Waals surface area contributed by atoms with Gasteiger partial charge in [-0.15, -0.1) is 0 Å². The number of hydrogen-bond donors (Lipinski definition) is 5.